The Labute approximate surface area is 119 Å². The van der Waals surface area contributed by atoms with E-state index in [4.69, 9.17) is 0 Å². The molecular formula is C17H20N2O. The van der Waals surface area contributed by atoms with Gasteiger partial charge in [-0.05, 0) is 25.0 Å². The number of aromatic nitrogens is 1. The first-order valence-electron chi connectivity index (χ1n) is 7.34. The molecule has 0 radical (unpaired) electrons. The van der Waals surface area contributed by atoms with Crippen molar-refractivity contribution < 1.29 is 4.79 Å². The molecule has 0 bridgehead atoms. The van der Waals surface area contributed by atoms with Crippen molar-refractivity contribution in [2.45, 2.75) is 39.0 Å². The fourth-order valence-electron chi connectivity index (χ4n) is 2.98. The molecule has 1 fully saturated rings. The first-order chi connectivity index (χ1) is 9.67. The van der Waals surface area contributed by atoms with Crippen molar-refractivity contribution in [1.82, 2.24) is 4.98 Å². The molecule has 1 amide bonds. The second-order valence-electron chi connectivity index (χ2n) is 5.99. The Morgan fingerprint density at radius 1 is 1.20 bits per heavy atom. The van der Waals surface area contributed by atoms with Crippen molar-refractivity contribution in [3.8, 4) is 0 Å². The van der Waals surface area contributed by atoms with E-state index in [-0.39, 0.29) is 11.3 Å². The third kappa shape index (κ3) is 2.53. The molecule has 1 aliphatic rings. The number of para-hydroxylation sites is 1. The number of pyridine rings is 1. The van der Waals surface area contributed by atoms with Gasteiger partial charge >= 0.3 is 0 Å². The molecule has 1 aliphatic carbocycles. The highest BCUT2D eigenvalue weighted by atomic mass is 16.2. The summed E-state index contributed by atoms with van der Waals surface area (Å²) in [5.41, 5.74) is 1.53. The van der Waals surface area contributed by atoms with Crippen LogP contribution in [-0.4, -0.2) is 10.9 Å². The van der Waals surface area contributed by atoms with Crippen molar-refractivity contribution in [2.24, 2.45) is 5.41 Å². The van der Waals surface area contributed by atoms with Crippen molar-refractivity contribution in [1.29, 1.82) is 0 Å². The Hall–Kier alpha value is -1.90. The number of amides is 1. The average molecular weight is 268 g/mol. The van der Waals surface area contributed by atoms with E-state index in [2.05, 4.69) is 17.2 Å². The minimum absolute atomic E-state index is 0.134. The number of carbonyl (C=O) groups excluding carboxylic acids is 1. The minimum atomic E-state index is -0.218. The van der Waals surface area contributed by atoms with E-state index in [1.807, 2.05) is 30.3 Å². The first-order valence-corrected chi connectivity index (χ1v) is 7.34. The van der Waals surface area contributed by atoms with Gasteiger partial charge in [-0.25, -0.2) is 0 Å². The van der Waals surface area contributed by atoms with E-state index in [9.17, 15) is 4.79 Å². The number of anilines is 1. The fourth-order valence-corrected chi connectivity index (χ4v) is 2.98. The summed E-state index contributed by atoms with van der Waals surface area (Å²) in [4.78, 5) is 16.9. The molecule has 104 valence electrons. The van der Waals surface area contributed by atoms with Gasteiger partial charge in [-0.15, -0.1) is 0 Å². The van der Waals surface area contributed by atoms with Crippen LogP contribution in [0, 0.1) is 5.41 Å². The maximum atomic E-state index is 12.5. The Kier molecular flexibility index (Phi) is 3.43. The molecule has 1 N–H and O–H groups in total. The van der Waals surface area contributed by atoms with Crippen LogP contribution in [-0.2, 0) is 4.79 Å². The van der Waals surface area contributed by atoms with Crippen LogP contribution >= 0.6 is 0 Å². The zero-order chi connectivity index (χ0) is 14.0. The van der Waals surface area contributed by atoms with E-state index in [0.29, 0.717) is 0 Å². The highest BCUT2D eigenvalue weighted by Gasteiger charge is 2.34. The van der Waals surface area contributed by atoms with Crippen LogP contribution in [0.1, 0.15) is 39.0 Å². The SMILES string of the molecule is CC1(C(=O)Nc2cnc3ccccc3c2)CCCCC1. The Morgan fingerprint density at radius 3 is 2.75 bits per heavy atom. The standard InChI is InChI=1S/C17H20N2O/c1-17(9-5-2-6-10-17)16(20)19-14-11-13-7-3-4-8-15(13)18-12-14/h3-4,7-8,11-12H,2,5-6,9-10H2,1H3,(H,19,20). The van der Waals surface area contributed by atoms with Gasteiger partial charge in [0.1, 0.15) is 0 Å². The summed E-state index contributed by atoms with van der Waals surface area (Å²) >= 11 is 0. The summed E-state index contributed by atoms with van der Waals surface area (Å²) in [6.07, 6.45) is 7.27. The van der Waals surface area contributed by atoms with Gasteiger partial charge in [-0.2, -0.15) is 0 Å². The quantitative estimate of drug-likeness (QED) is 0.889. The Bertz CT molecular complexity index is 630. The predicted molar refractivity (Wildman–Crippen MR) is 81.6 cm³/mol. The molecule has 3 rings (SSSR count). The highest BCUT2D eigenvalue weighted by molar-refractivity contribution is 5.96. The molecule has 0 atom stereocenters. The lowest BCUT2D eigenvalue weighted by molar-refractivity contribution is -0.126. The molecule has 2 aromatic rings. The summed E-state index contributed by atoms with van der Waals surface area (Å²) < 4.78 is 0. The Balaban J connectivity index is 1.80. The maximum absolute atomic E-state index is 12.5. The number of carbonyl (C=O) groups is 1. The normalized spacial score (nSPS) is 17.9. The van der Waals surface area contributed by atoms with Crippen LogP contribution in [0.3, 0.4) is 0 Å². The monoisotopic (exact) mass is 268 g/mol. The largest absolute Gasteiger partial charge is 0.324 e. The molecule has 1 saturated carbocycles. The van der Waals surface area contributed by atoms with Gasteiger partial charge in [0.25, 0.3) is 0 Å². The molecule has 1 aromatic heterocycles. The number of nitrogens with one attached hydrogen (secondary N) is 1. The summed E-state index contributed by atoms with van der Waals surface area (Å²) in [6, 6.07) is 9.94. The van der Waals surface area contributed by atoms with Crippen molar-refractivity contribution in [3.05, 3.63) is 36.5 Å². The van der Waals surface area contributed by atoms with Crippen molar-refractivity contribution in [3.63, 3.8) is 0 Å². The number of fused-ring (bicyclic) bond motifs is 1. The molecule has 0 saturated heterocycles. The van der Waals surface area contributed by atoms with Crippen LogP contribution < -0.4 is 5.32 Å². The zero-order valence-corrected chi connectivity index (χ0v) is 11.9. The summed E-state index contributed by atoms with van der Waals surface area (Å²) in [5, 5.41) is 4.10. The number of nitrogens with zero attached hydrogens (tertiary/aromatic N) is 1. The summed E-state index contributed by atoms with van der Waals surface area (Å²) in [7, 11) is 0. The van der Waals surface area contributed by atoms with E-state index in [1.165, 1.54) is 6.42 Å². The fraction of sp³-hybridized carbons (Fsp3) is 0.412. The van der Waals surface area contributed by atoms with Gasteiger partial charge in [0, 0.05) is 10.8 Å². The van der Waals surface area contributed by atoms with Gasteiger partial charge in [-0.1, -0.05) is 44.4 Å². The van der Waals surface area contributed by atoms with Gasteiger partial charge in [0.05, 0.1) is 17.4 Å². The van der Waals surface area contributed by atoms with Crippen LogP contribution in [0.5, 0.6) is 0 Å². The second kappa shape index (κ2) is 5.23. The minimum Gasteiger partial charge on any atom is -0.324 e. The maximum Gasteiger partial charge on any atom is 0.230 e. The predicted octanol–water partition coefficient (Wildman–Crippen LogP) is 4.14. The lowest BCUT2D eigenvalue weighted by Gasteiger charge is -2.31. The molecule has 1 aromatic carbocycles. The molecular weight excluding hydrogens is 248 g/mol. The molecule has 0 spiro atoms. The number of hydrogen-bond acceptors (Lipinski definition) is 2. The van der Waals surface area contributed by atoms with Gasteiger partial charge in [0.2, 0.25) is 5.91 Å². The van der Waals surface area contributed by atoms with Crippen molar-refractivity contribution >= 4 is 22.5 Å². The van der Waals surface area contributed by atoms with E-state index in [0.717, 1.165) is 42.3 Å². The third-order valence-corrected chi connectivity index (χ3v) is 4.35. The van der Waals surface area contributed by atoms with E-state index >= 15 is 0 Å². The Morgan fingerprint density at radius 2 is 1.95 bits per heavy atom. The van der Waals surface area contributed by atoms with Crippen LogP contribution in [0.4, 0.5) is 5.69 Å². The number of hydrogen-bond donors (Lipinski definition) is 1. The van der Waals surface area contributed by atoms with Gasteiger partial charge in [0.15, 0.2) is 0 Å². The smallest absolute Gasteiger partial charge is 0.230 e. The number of rotatable bonds is 2. The van der Waals surface area contributed by atoms with E-state index < -0.39 is 0 Å². The zero-order valence-electron chi connectivity index (χ0n) is 11.9. The molecule has 0 unspecified atom stereocenters. The highest BCUT2D eigenvalue weighted by Crippen LogP contribution is 2.36. The third-order valence-electron chi connectivity index (χ3n) is 4.35. The van der Waals surface area contributed by atoms with Crippen molar-refractivity contribution in [2.75, 3.05) is 5.32 Å². The second-order valence-corrected chi connectivity index (χ2v) is 5.99. The molecule has 1 heterocycles. The lowest BCUT2D eigenvalue weighted by atomic mass is 9.75. The number of benzene rings is 1. The first kappa shape index (κ1) is 13.1. The lowest BCUT2D eigenvalue weighted by Crippen LogP contribution is -2.35. The van der Waals surface area contributed by atoms with E-state index in [1.54, 1.807) is 6.20 Å². The van der Waals surface area contributed by atoms with Gasteiger partial charge in [-0.3, -0.25) is 9.78 Å². The average Bonchev–Trinajstić information content (AvgIpc) is 2.48. The topological polar surface area (TPSA) is 42.0 Å². The van der Waals surface area contributed by atoms with Crippen LogP contribution in [0.25, 0.3) is 10.9 Å². The van der Waals surface area contributed by atoms with Gasteiger partial charge < -0.3 is 5.32 Å². The van der Waals surface area contributed by atoms with Crippen LogP contribution in [0.15, 0.2) is 36.5 Å². The van der Waals surface area contributed by atoms with Crippen LogP contribution in [0.2, 0.25) is 0 Å². The molecule has 20 heavy (non-hydrogen) atoms. The summed E-state index contributed by atoms with van der Waals surface area (Å²) in [6.45, 7) is 2.08. The molecule has 3 nitrogen and oxygen atoms in total. The molecule has 0 aliphatic heterocycles. The molecule has 3 heteroatoms. The summed E-state index contributed by atoms with van der Waals surface area (Å²) in [5.74, 6) is 0.134.